The Labute approximate surface area is 132 Å². The first-order valence-electron chi connectivity index (χ1n) is 7.43. The standard InChI is InChI=1S/C16H22N2O3S/c1-4-16(19)17-14-8-10-15(11-9-14)22(20,21)18-12(2)6-5-7-13(18)3/h4,8-13H,1,5-7H2,2-3H3,(H,17,19). The van der Waals surface area contributed by atoms with E-state index in [1.165, 1.54) is 18.2 Å². The molecule has 0 aromatic heterocycles. The summed E-state index contributed by atoms with van der Waals surface area (Å²) >= 11 is 0. The number of carbonyl (C=O) groups is 1. The number of nitrogens with one attached hydrogen (secondary N) is 1. The van der Waals surface area contributed by atoms with E-state index >= 15 is 0 Å². The van der Waals surface area contributed by atoms with Gasteiger partial charge in [-0.1, -0.05) is 13.0 Å². The maximum absolute atomic E-state index is 12.8. The van der Waals surface area contributed by atoms with Crippen LogP contribution in [0.2, 0.25) is 0 Å². The van der Waals surface area contributed by atoms with Gasteiger partial charge in [0.25, 0.3) is 0 Å². The van der Waals surface area contributed by atoms with Crippen molar-refractivity contribution in [1.29, 1.82) is 0 Å². The second-order valence-electron chi connectivity index (χ2n) is 5.68. The number of piperidine rings is 1. The van der Waals surface area contributed by atoms with Crippen molar-refractivity contribution in [1.82, 2.24) is 4.31 Å². The molecular weight excluding hydrogens is 300 g/mol. The Bertz CT molecular complexity index is 642. The van der Waals surface area contributed by atoms with Crippen LogP contribution in [0.3, 0.4) is 0 Å². The van der Waals surface area contributed by atoms with Crippen molar-refractivity contribution in [3.05, 3.63) is 36.9 Å². The number of rotatable bonds is 4. The average molecular weight is 322 g/mol. The van der Waals surface area contributed by atoms with Crippen LogP contribution in [0, 0.1) is 0 Å². The maximum atomic E-state index is 12.8. The molecule has 2 rings (SSSR count). The van der Waals surface area contributed by atoms with Gasteiger partial charge in [-0.3, -0.25) is 4.79 Å². The Morgan fingerprint density at radius 2 is 1.77 bits per heavy atom. The summed E-state index contributed by atoms with van der Waals surface area (Å²) in [6.07, 6.45) is 4.00. The highest BCUT2D eigenvalue weighted by atomic mass is 32.2. The Hall–Kier alpha value is -1.66. The van der Waals surface area contributed by atoms with Gasteiger partial charge in [0.15, 0.2) is 0 Å². The van der Waals surface area contributed by atoms with Crippen LogP contribution >= 0.6 is 0 Å². The predicted molar refractivity (Wildman–Crippen MR) is 87.1 cm³/mol. The van der Waals surface area contributed by atoms with E-state index in [-0.39, 0.29) is 22.9 Å². The molecule has 1 amide bonds. The molecule has 0 spiro atoms. The number of sulfonamides is 1. The fourth-order valence-corrected chi connectivity index (χ4v) is 4.78. The number of nitrogens with zero attached hydrogens (tertiary/aromatic N) is 1. The van der Waals surface area contributed by atoms with Gasteiger partial charge in [0, 0.05) is 17.8 Å². The van der Waals surface area contributed by atoms with E-state index in [0.29, 0.717) is 5.69 Å². The SMILES string of the molecule is C=CC(=O)Nc1ccc(S(=O)(=O)N2C(C)CCCC2C)cc1. The molecule has 5 nitrogen and oxygen atoms in total. The van der Waals surface area contributed by atoms with Crippen LogP contribution in [-0.4, -0.2) is 30.7 Å². The van der Waals surface area contributed by atoms with Crippen molar-refractivity contribution < 1.29 is 13.2 Å². The van der Waals surface area contributed by atoms with Crippen molar-refractivity contribution in [2.75, 3.05) is 5.32 Å². The average Bonchev–Trinajstić information content (AvgIpc) is 2.47. The molecule has 0 aliphatic carbocycles. The molecule has 1 fully saturated rings. The molecule has 22 heavy (non-hydrogen) atoms. The smallest absolute Gasteiger partial charge is 0.247 e. The van der Waals surface area contributed by atoms with Crippen molar-refractivity contribution in [3.63, 3.8) is 0 Å². The minimum atomic E-state index is -3.51. The summed E-state index contributed by atoms with van der Waals surface area (Å²) < 4.78 is 27.2. The van der Waals surface area contributed by atoms with Gasteiger partial charge in [-0.15, -0.1) is 0 Å². The molecule has 1 heterocycles. The van der Waals surface area contributed by atoms with Crippen LogP contribution < -0.4 is 5.32 Å². The number of amides is 1. The topological polar surface area (TPSA) is 66.5 Å². The van der Waals surface area contributed by atoms with Crippen LogP contribution in [0.15, 0.2) is 41.8 Å². The van der Waals surface area contributed by atoms with Gasteiger partial charge in [-0.05, 0) is 57.0 Å². The number of hydrogen-bond acceptors (Lipinski definition) is 3. The Kier molecular flexibility index (Phi) is 5.03. The zero-order chi connectivity index (χ0) is 16.3. The van der Waals surface area contributed by atoms with E-state index in [2.05, 4.69) is 11.9 Å². The van der Waals surface area contributed by atoms with Crippen LogP contribution in [0.1, 0.15) is 33.1 Å². The van der Waals surface area contributed by atoms with Crippen molar-refractivity contribution in [3.8, 4) is 0 Å². The molecule has 1 aromatic rings. The van der Waals surface area contributed by atoms with Gasteiger partial charge in [-0.2, -0.15) is 4.31 Å². The number of carbonyl (C=O) groups excluding carboxylic acids is 1. The first-order valence-corrected chi connectivity index (χ1v) is 8.87. The number of hydrogen-bond donors (Lipinski definition) is 1. The second-order valence-corrected chi connectivity index (χ2v) is 7.52. The molecule has 1 aromatic carbocycles. The molecule has 0 saturated carbocycles. The van der Waals surface area contributed by atoms with E-state index in [9.17, 15) is 13.2 Å². The Balaban J connectivity index is 2.25. The second kappa shape index (κ2) is 6.62. The third-order valence-corrected chi connectivity index (χ3v) is 6.14. The highest BCUT2D eigenvalue weighted by molar-refractivity contribution is 7.89. The van der Waals surface area contributed by atoms with Crippen LogP contribution in [0.4, 0.5) is 5.69 Å². The largest absolute Gasteiger partial charge is 0.323 e. The minimum Gasteiger partial charge on any atom is -0.323 e. The van der Waals surface area contributed by atoms with Crippen molar-refractivity contribution >= 4 is 21.6 Å². The number of anilines is 1. The lowest BCUT2D eigenvalue weighted by molar-refractivity contribution is -0.111. The molecule has 0 bridgehead atoms. The molecule has 1 aliphatic heterocycles. The van der Waals surface area contributed by atoms with Gasteiger partial charge in [0.2, 0.25) is 15.9 Å². The highest BCUT2D eigenvalue weighted by Crippen LogP contribution is 2.29. The maximum Gasteiger partial charge on any atom is 0.247 e. The van der Waals surface area contributed by atoms with Crippen LogP contribution in [0.5, 0.6) is 0 Å². The molecule has 1 saturated heterocycles. The number of benzene rings is 1. The molecule has 0 radical (unpaired) electrons. The van der Waals surface area contributed by atoms with Gasteiger partial charge < -0.3 is 5.32 Å². The van der Waals surface area contributed by atoms with Crippen LogP contribution in [0.25, 0.3) is 0 Å². The first-order chi connectivity index (χ1) is 10.4. The van der Waals surface area contributed by atoms with Crippen LogP contribution in [-0.2, 0) is 14.8 Å². The summed E-state index contributed by atoms with van der Waals surface area (Å²) in [4.78, 5) is 11.5. The molecule has 1 N–H and O–H groups in total. The molecule has 2 atom stereocenters. The van der Waals surface area contributed by atoms with Gasteiger partial charge in [0.05, 0.1) is 4.90 Å². The predicted octanol–water partition coefficient (Wildman–Crippen LogP) is 2.76. The Morgan fingerprint density at radius 3 is 2.27 bits per heavy atom. The van der Waals surface area contributed by atoms with E-state index in [4.69, 9.17) is 0 Å². The molecular formula is C16H22N2O3S. The van der Waals surface area contributed by atoms with Crippen molar-refractivity contribution in [2.24, 2.45) is 0 Å². The molecule has 2 unspecified atom stereocenters. The zero-order valence-corrected chi connectivity index (χ0v) is 13.8. The third-order valence-electron chi connectivity index (χ3n) is 4.00. The summed E-state index contributed by atoms with van der Waals surface area (Å²) in [5.74, 6) is -0.325. The normalized spacial score (nSPS) is 23.0. The third kappa shape index (κ3) is 3.39. The first kappa shape index (κ1) is 16.7. The fraction of sp³-hybridized carbons (Fsp3) is 0.438. The summed E-state index contributed by atoms with van der Waals surface area (Å²) in [6, 6.07) is 6.26. The quantitative estimate of drug-likeness (QED) is 0.867. The molecule has 120 valence electrons. The monoisotopic (exact) mass is 322 g/mol. The van der Waals surface area contributed by atoms with Gasteiger partial charge >= 0.3 is 0 Å². The molecule has 6 heteroatoms. The lowest BCUT2D eigenvalue weighted by Crippen LogP contribution is -2.47. The van der Waals surface area contributed by atoms with Crippen molar-refractivity contribution in [2.45, 2.75) is 50.1 Å². The lowest BCUT2D eigenvalue weighted by Gasteiger charge is -2.37. The summed E-state index contributed by atoms with van der Waals surface area (Å²) in [6.45, 7) is 7.28. The zero-order valence-electron chi connectivity index (χ0n) is 13.0. The van der Waals surface area contributed by atoms with Gasteiger partial charge in [-0.25, -0.2) is 8.42 Å². The minimum absolute atomic E-state index is 0.00824. The highest BCUT2D eigenvalue weighted by Gasteiger charge is 2.35. The summed E-state index contributed by atoms with van der Waals surface area (Å²) in [5, 5.41) is 2.60. The lowest BCUT2D eigenvalue weighted by atomic mass is 10.0. The van der Waals surface area contributed by atoms with E-state index in [1.54, 1.807) is 16.4 Å². The fourth-order valence-electron chi connectivity index (χ4n) is 2.90. The van der Waals surface area contributed by atoms with E-state index in [1.807, 2.05) is 13.8 Å². The summed E-state index contributed by atoms with van der Waals surface area (Å²) in [5.41, 5.74) is 0.545. The van der Waals surface area contributed by atoms with E-state index < -0.39 is 10.0 Å². The summed E-state index contributed by atoms with van der Waals surface area (Å²) in [7, 11) is -3.51. The Morgan fingerprint density at radius 1 is 1.23 bits per heavy atom. The van der Waals surface area contributed by atoms with E-state index in [0.717, 1.165) is 19.3 Å². The van der Waals surface area contributed by atoms with Gasteiger partial charge in [0.1, 0.15) is 0 Å². The molecule has 1 aliphatic rings.